The summed E-state index contributed by atoms with van der Waals surface area (Å²) in [6.45, 7) is 3.55. The third-order valence-corrected chi connectivity index (χ3v) is 3.22. The number of halogens is 2. The van der Waals surface area contributed by atoms with Gasteiger partial charge in [-0.25, -0.2) is 8.78 Å². The number of hydrogen-bond acceptors (Lipinski definition) is 2. The Balaban J connectivity index is 3.17. The zero-order chi connectivity index (χ0) is 14.6. The van der Waals surface area contributed by atoms with E-state index in [0.717, 1.165) is 12.1 Å². The molecule has 0 heterocycles. The highest BCUT2D eigenvalue weighted by atomic mass is 19.1. The third-order valence-electron chi connectivity index (χ3n) is 3.22. The Kier molecular flexibility index (Phi) is 5.00. The number of carboxylic acids is 1. The number of hydrogen-bond donors (Lipinski definition) is 2. The van der Waals surface area contributed by atoms with Gasteiger partial charge in [0.1, 0.15) is 11.6 Å². The zero-order valence-electron chi connectivity index (χ0n) is 11.1. The molecule has 19 heavy (non-hydrogen) atoms. The molecule has 1 rings (SSSR count). The van der Waals surface area contributed by atoms with Crippen LogP contribution in [0.2, 0.25) is 0 Å². The normalized spacial score (nSPS) is 14.4. The second-order valence-corrected chi connectivity index (χ2v) is 5.26. The second kappa shape index (κ2) is 6.10. The maximum absolute atomic E-state index is 13.6. The first-order chi connectivity index (χ1) is 8.82. The Bertz CT molecular complexity index is 443. The first-order valence-corrected chi connectivity index (χ1v) is 6.19. The zero-order valence-corrected chi connectivity index (χ0v) is 11.1. The van der Waals surface area contributed by atoms with Crippen LogP contribution in [0.4, 0.5) is 8.78 Å². The standard InChI is InChI=1S/C14H19F2NO2/c1-9(2)6-14(8-17,13(18)19)7-10-11(15)4-3-5-12(10)16/h3-5,9H,6-8,17H2,1-2H3,(H,18,19). The van der Waals surface area contributed by atoms with E-state index in [-0.39, 0.29) is 30.9 Å². The molecule has 0 amide bonds. The number of aliphatic carboxylic acids is 1. The minimum atomic E-state index is -1.34. The highest BCUT2D eigenvalue weighted by molar-refractivity contribution is 5.75. The van der Waals surface area contributed by atoms with Crippen LogP contribution in [0.15, 0.2) is 18.2 Å². The fraction of sp³-hybridized carbons (Fsp3) is 0.500. The molecule has 0 saturated carbocycles. The van der Waals surface area contributed by atoms with E-state index in [1.165, 1.54) is 6.07 Å². The van der Waals surface area contributed by atoms with Crippen molar-refractivity contribution >= 4 is 5.97 Å². The van der Waals surface area contributed by atoms with E-state index < -0.39 is 23.0 Å². The second-order valence-electron chi connectivity index (χ2n) is 5.26. The van der Waals surface area contributed by atoms with Gasteiger partial charge in [-0.15, -0.1) is 0 Å². The molecule has 3 N–H and O–H groups in total. The molecule has 0 aliphatic heterocycles. The lowest BCUT2D eigenvalue weighted by molar-refractivity contribution is -0.149. The molecule has 3 nitrogen and oxygen atoms in total. The molecule has 0 aliphatic carbocycles. The maximum atomic E-state index is 13.6. The fourth-order valence-electron chi connectivity index (χ4n) is 2.30. The predicted molar refractivity (Wildman–Crippen MR) is 68.6 cm³/mol. The van der Waals surface area contributed by atoms with Crippen molar-refractivity contribution in [2.75, 3.05) is 6.54 Å². The van der Waals surface area contributed by atoms with Gasteiger partial charge in [0.25, 0.3) is 0 Å². The van der Waals surface area contributed by atoms with Crippen molar-refractivity contribution in [2.45, 2.75) is 26.7 Å². The van der Waals surface area contributed by atoms with E-state index in [1.807, 2.05) is 13.8 Å². The number of carbonyl (C=O) groups is 1. The molecule has 0 saturated heterocycles. The predicted octanol–water partition coefficient (Wildman–Crippen LogP) is 2.58. The Morgan fingerprint density at radius 2 is 1.89 bits per heavy atom. The van der Waals surface area contributed by atoms with Crippen molar-refractivity contribution in [1.82, 2.24) is 0 Å². The van der Waals surface area contributed by atoms with Gasteiger partial charge in [-0.3, -0.25) is 4.79 Å². The summed E-state index contributed by atoms with van der Waals surface area (Å²) < 4.78 is 27.3. The van der Waals surface area contributed by atoms with Crippen LogP contribution >= 0.6 is 0 Å². The van der Waals surface area contributed by atoms with E-state index in [4.69, 9.17) is 5.73 Å². The van der Waals surface area contributed by atoms with Crippen molar-refractivity contribution in [3.8, 4) is 0 Å². The molecule has 1 atom stereocenters. The van der Waals surface area contributed by atoms with Crippen molar-refractivity contribution < 1.29 is 18.7 Å². The molecular weight excluding hydrogens is 252 g/mol. The average molecular weight is 271 g/mol. The molecule has 0 spiro atoms. The summed E-state index contributed by atoms with van der Waals surface area (Å²) in [6, 6.07) is 3.50. The van der Waals surface area contributed by atoms with Gasteiger partial charge in [0.2, 0.25) is 0 Å². The largest absolute Gasteiger partial charge is 0.481 e. The van der Waals surface area contributed by atoms with Crippen LogP contribution in [0, 0.1) is 23.0 Å². The van der Waals surface area contributed by atoms with Crippen LogP contribution in [-0.4, -0.2) is 17.6 Å². The Morgan fingerprint density at radius 3 is 2.26 bits per heavy atom. The monoisotopic (exact) mass is 271 g/mol. The number of benzene rings is 1. The molecular formula is C14H19F2NO2. The SMILES string of the molecule is CC(C)CC(CN)(Cc1c(F)cccc1F)C(=O)O. The lowest BCUT2D eigenvalue weighted by Crippen LogP contribution is -2.42. The lowest BCUT2D eigenvalue weighted by Gasteiger charge is -2.30. The molecule has 0 aromatic heterocycles. The van der Waals surface area contributed by atoms with E-state index in [0.29, 0.717) is 0 Å². The van der Waals surface area contributed by atoms with Gasteiger partial charge in [0.15, 0.2) is 0 Å². The molecule has 0 fully saturated rings. The third kappa shape index (κ3) is 3.50. The summed E-state index contributed by atoms with van der Waals surface area (Å²) in [4.78, 5) is 11.5. The first kappa shape index (κ1) is 15.6. The van der Waals surface area contributed by atoms with Crippen molar-refractivity contribution in [3.05, 3.63) is 35.4 Å². The number of rotatable bonds is 6. The van der Waals surface area contributed by atoms with Gasteiger partial charge >= 0.3 is 5.97 Å². The van der Waals surface area contributed by atoms with E-state index in [1.54, 1.807) is 0 Å². The summed E-state index contributed by atoms with van der Waals surface area (Å²) in [5.41, 5.74) is 4.03. The Labute approximate surface area is 111 Å². The van der Waals surface area contributed by atoms with E-state index in [2.05, 4.69) is 0 Å². The molecule has 1 aromatic carbocycles. The van der Waals surface area contributed by atoms with Gasteiger partial charge in [-0.05, 0) is 30.9 Å². The van der Waals surface area contributed by atoms with Crippen LogP contribution in [0.5, 0.6) is 0 Å². The van der Waals surface area contributed by atoms with E-state index in [9.17, 15) is 18.7 Å². The van der Waals surface area contributed by atoms with Gasteiger partial charge in [-0.1, -0.05) is 19.9 Å². The molecule has 0 bridgehead atoms. The number of carboxylic acid groups (broad SMARTS) is 1. The summed E-state index contributed by atoms with van der Waals surface area (Å²) in [6.07, 6.45) is 0.0299. The molecule has 0 aliphatic rings. The topological polar surface area (TPSA) is 63.3 Å². The molecule has 1 aromatic rings. The quantitative estimate of drug-likeness (QED) is 0.836. The van der Waals surface area contributed by atoms with Gasteiger partial charge in [0.05, 0.1) is 5.41 Å². The highest BCUT2D eigenvalue weighted by Crippen LogP contribution is 2.32. The van der Waals surface area contributed by atoms with Gasteiger partial charge in [0, 0.05) is 12.1 Å². The van der Waals surface area contributed by atoms with Crippen LogP contribution < -0.4 is 5.73 Å². The van der Waals surface area contributed by atoms with Crippen LogP contribution in [0.3, 0.4) is 0 Å². The molecule has 1 unspecified atom stereocenters. The minimum absolute atomic E-state index is 0.0643. The average Bonchev–Trinajstić information content (AvgIpc) is 2.31. The van der Waals surface area contributed by atoms with Gasteiger partial charge < -0.3 is 10.8 Å². The smallest absolute Gasteiger partial charge is 0.311 e. The van der Waals surface area contributed by atoms with Crippen LogP contribution in [-0.2, 0) is 11.2 Å². The summed E-state index contributed by atoms with van der Waals surface area (Å²) in [7, 11) is 0. The van der Waals surface area contributed by atoms with Crippen LogP contribution in [0.1, 0.15) is 25.8 Å². The highest BCUT2D eigenvalue weighted by Gasteiger charge is 2.39. The minimum Gasteiger partial charge on any atom is -0.481 e. The summed E-state index contributed by atoms with van der Waals surface area (Å²) >= 11 is 0. The lowest BCUT2D eigenvalue weighted by atomic mass is 9.75. The Hall–Kier alpha value is -1.49. The first-order valence-electron chi connectivity index (χ1n) is 6.19. The van der Waals surface area contributed by atoms with Crippen molar-refractivity contribution in [1.29, 1.82) is 0 Å². The molecule has 0 radical (unpaired) electrons. The Morgan fingerprint density at radius 1 is 1.37 bits per heavy atom. The molecule has 106 valence electrons. The summed E-state index contributed by atoms with van der Waals surface area (Å²) in [5.74, 6) is -2.52. The number of nitrogens with two attached hydrogens (primary N) is 1. The van der Waals surface area contributed by atoms with Gasteiger partial charge in [-0.2, -0.15) is 0 Å². The fourth-order valence-corrected chi connectivity index (χ4v) is 2.30. The molecule has 5 heteroatoms. The maximum Gasteiger partial charge on any atom is 0.311 e. The van der Waals surface area contributed by atoms with Crippen LogP contribution in [0.25, 0.3) is 0 Å². The summed E-state index contributed by atoms with van der Waals surface area (Å²) in [5, 5.41) is 9.39. The van der Waals surface area contributed by atoms with E-state index >= 15 is 0 Å². The van der Waals surface area contributed by atoms with Crippen molar-refractivity contribution in [3.63, 3.8) is 0 Å². The van der Waals surface area contributed by atoms with Crippen molar-refractivity contribution in [2.24, 2.45) is 17.1 Å².